The highest BCUT2D eigenvalue weighted by Gasteiger charge is 2.32. The van der Waals surface area contributed by atoms with Crippen LogP contribution in [0.2, 0.25) is 0 Å². The summed E-state index contributed by atoms with van der Waals surface area (Å²) in [6.07, 6.45) is 11.0. The van der Waals surface area contributed by atoms with Crippen LogP contribution in [0, 0.1) is 0 Å². The molecule has 0 aromatic heterocycles. The SMILES string of the molecule is CNC(=O)c1ccc(C(C(=O)NC2CCCCC2)N(CCOC)C(=O)/C=C/C2=CCCO2)cc1. The highest BCUT2D eigenvalue weighted by atomic mass is 16.5. The fourth-order valence-electron chi connectivity index (χ4n) is 4.32. The summed E-state index contributed by atoms with van der Waals surface area (Å²) in [7, 11) is 3.13. The van der Waals surface area contributed by atoms with Gasteiger partial charge in [0.2, 0.25) is 11.8 Å². The van der Waals surface area contributed by atoms with Crippen LogP contribution >= 0.6 is 0 Å². The predicted octanol–water partition coefficient (Wildman–Crippen LogP) is 2.87. The molecule has 8 heteroatoms. The Hall–Kier alpha value is -3.13. The molecule has 1 heterocycles. The number of ether oxygens (including phenoxy) is 2. The Morgan fingerprint density at radius 2 is 1.91 bits per heavy atom. The van der Waals surface area contributed by atoms with Gasteiger partial charge in [-0.25, -0.2) is 0 Å². The van der Waals surface area contributed by atoms with Crippen molar-refractivity contribution in [3.05, 3.63) is 59.4 Å². The third kappa shape index (κ3) is 6.93. The van der Waals surface area contributed by atoms with E-state index in [9.17, 15) is 14.4 Å². The summed E-state index contributed by atoms with van der Waals surface area (Å²) in [6, 6.07) is 6.04. The molecule has 1 unspecified atom stereocenters. The van der Waals surface area contributed by atoms with Gasteiger partial charge in [0.1, 0.15) is 11.8 Å². The van der Waals surface area contributed by atoms with Crippen molar-refractivity contribution in [2.24, 2.45) is 0 Å². The van der Waals surface area contributed by atoms with Crippen LogP contribution < -0.4 is 10.6 Å². The van der Waals surface area contributed by atoms with E-state index in [-0.39, 0.29) is 36.9 Å². The Morgan fingerprint density at radius 1 is 1.18 bits per heavy atom. The van der Waals surface area contributed by atoms with Gasteiger partial charge >= 0.3 is 0 Å². The molecule has 0 bridgehead atoms. The highest BCUT2D eigenvalue weighted by Crippen LogP contribution is 2.25. The first-order valence-electron chi connectivity index (χ1n) is 12.0. The molecule has 34 heavy (non-hydrogen) atoms. The topological polar surface area (TPSA) is 97.0 Å². The normalized spacial score (nSPS) is 17.1. The number of allylic oxidation sites excluding steroid dienone is 1. The van der Waals surface area contributed by atoms with Crippen LogP contribution in [0.3, 0.4) is 0 Å². The number of amides is 3. The van der Waals surface area contributed by atoms with Gasteiger partial charge < -0.3 is 25.0 Å². The standard InChI is InChI=1S/C26H35N3O5/c1-27-25(31)20-12-10-19(11-13-20)24(26(32)28-21-7-4-3-5-8-21)29(16-18-33-2)23(30)15-14-22-9-6-17-34-22/h9-15,21,24H,3-8,16-18H2,1-2H3,(H,27,31)(H,28,32)/b15-14+. The minimum atomic E-state index is -0.855. The van der Waals surface area contributed by atoms with Gasteiger partial charge in [0.05, 0.1) is 13.2 Å². The molecule has 2 aliphatic rings. The lowest BCUT2D eigenvalue weighted by atomic mass is 9.94. The number of hydrogen-bond acceptors (Lipinski definition) is 5. The van der Waals surface area contributed by atoms with Crippen LogP contribution in [0.1, 0.15) is 60.5 Å². The number of nitrogens with zero attached hydrogens (tertiary/aromatic N) is 1. The van der Waals surface area contributed by atoms with Crippen molar-refractivity contribution < 1.29 is 23.9 Å². The molecule has 3 amide bonds. The number of benzene rings is 1. The Kier molecular flexibility index (Phi) is 9.70. The molecule has 184 valence electrons. The highest BCUT2D eigenvalue weighted by molar-refractivity contribution is 5.95. The molecule has 0 radical (unpaired) electrons. The molecule has 1 saturated carbocycles. The number of nitrogens with one attached hydrogen (secondary N) is 2. The zero-order valence-electron chi connectivity index (χ0n) is 20.0. The minimum Gasteiger partial charge on any atom is -0.494 e. The van der Waals surface area contributed by atoms with Gasteiger partial charge in [0.15, 0.2) is 0 Å². The first-order chi connectivity index (χ1) is 16.5. The fraction of sp³-hybridized carbons (Fsp3) is 0.500. The lowest BCUT2D eigenvalue weighted by molar-refractivity contribution is -0.138. The van der Waals surface area contributed by atoms with Crippen LogP contribution in [0.25, 0.3) is 0 Å². The molecular formula is C26H35N3O5. The van der Waals surface area contributed by atoms with E-state index in [2.05, 4.69) is 10.6 Å². The van der Waals surface area contributed by atoms with E-state index in [0.29, 0.717) is 23.5 Å². The molecule has 2 N–H and O–H groups in total. The number of carbonyl (C=O) groups is 3. The third-order valence-corrected chi connectivity index (χ3v) is 6.17. The summed E-state index contributed by atoms with van der Waals surface area (Å²) in [5.41, 5.74) is 1.12. The third-order valence-electron chi connectivity index (χ3n) is 6.17. The Balaban J connectivity index is 1.90. The number of hydrogen-bond donors (Lipinski definition) is 2. The maximum absolute atomic E-state index is 13.6. The molecule has 8 nitrogen and oxygen atoms in total. The van der Waals surface area contributed by atoms with Gasteiger partial charge in [-0.15, -0.1) is 0 Å². The average molecular weight is 470 g/mol. The van der Waals surface area contributed by atoms with Gasteiger partial charge in [0.25, 0.3) is 5.91 Å². The molecule has 0 spiro atoms. The summed E-state index contributed by atoms with van der Waals surface area (Å²) >= 11 is 0. The maximum Gasteiger partial charge on any atom is 0.251 e. The van der Waals surface area contributed by atoms with Crippen molar-refractivity contribution in [3.8, 4) is 0 Å². The Morgan fingerprint density at radius 3 is 2.53 bits per heavy atom. The Bertz CT molecular complexity index is 904. The van der Waals surface area contributed by atoms with E-state index >= 15 is 0 Å². The van der Waals surface area contributed by atoms with Crippen molar-refractivity contribution in [2.45, 2.75) is 50.6 Å². The van der Waals surface area contributed by atoms with E-state index in [4.69, 9.17) is 9.47 Å². The number of carbonyl (C=O) groups excluding carboxylic acids is 3. The maximum atomic E-state index is 13.6. The summed E-state index contributed by atoms with van der Waals surface area (Å²) in [6.45, 7) is 1.12. The van der Waals surface area contributed by atoms with E-state index in [1.54, 1.807) is 44.5 Å². The van der Waals surface area contributed by atoms with Crippen LogP contribution in [-0.4, -0.2) is 62.6 Å². The molecule has 1 aliphatic heterocycles. The smallest absolute Gasteiger partial charge is 0.251 e. The zero-order chi connectivity index (χ0) is 24.3. The first kappa shape index (κ1) is 25.5. The monoisotopic (exact) mass is 469 g/mol. The van der Waals surface area contributed by atoms with Gasteiger partial charge in [-0.1, -0.05) is 31.4 Å². The van der Waals surface area contributed by atoms with Gasteiger partial charge in [-0.2, -0.15) is 0 Å². The van der Waals surface area contributed by atoms with Crippen LogP contribution in [-0.2, 0) is 19.1 Å². The van der Waals surface area contributed by atoms with Gasteiger partial charge in [-0.05, 0) is 42.7 Å². The zero-order valence-corrected chi connectivity index (χ0v) is 20.0. The summed E-state index contributed by atoms with van der Waals surface area (Å²) in [5.74, 6) is -0.102. The van der Waals surface area contributed by atoms with Crippen molar-refractivity contribution in [2.75, 3.05) is 33.9 Å². The molecule has 0 saturated heterocycles. The molecular weight excluding hydrogens is 434 g/mol. The van der Waals surface area contributed by atoms with Crippen molar-refractivity contribution in [1.82, 2.24) is 15.5 Å². The van der Waals surface area contributed by atoms with Crippen molar-refractivity contribution >= 4 is 17.7 Å². The molecule has 1 aromatic rings. The van der Waals surface area contributed by atoms with Crippen LogP contribution in [0.4, 0.5) is 0 Å². The lowest BCUT2D eigenvalue weighted by Gasteiger charge is -2.32. The number of rotatable bonds is 10. The second-order valence-corrected chi connectivity index (χ2v) is 8.55. The van der Waals surface area contributed by atoms with Gasteiger partial charge in [0, 0.05) is 44.8 Å². The van der Waals surface area contributed by atoms with E-state index in [1.807, 2.05) is 6.08 Å². The van der Waals surface area contributed by atoms with E-state index in [1.165, 1.54) is 17.4 Å². The molecule has 1 aromatic carbocycles. The van der Waals surface area contributed by atoms with E-state index < -0.39 is 6.04 Å². The first-order valence-corrected chi connectivity index (χ1v) is 12.0. The predicted molar refractivity (Wildman–Crippen MR) is 129 cm³/mol. The second kappa shape index (κ2) is 12.9. The summed E-state index contributed by atoms with van der Waals surface area (Å²) < 4.78 is 10.7. The fourth-order valence-corrected chi connectivity index (χ4v) is 4.32. The second-order valence-electron chi connectivity index (χ2n) is 8.55. The lowest BCUT2D eigenvalue weighted by Crippen LogP contribution is -2.47. The molecule has 1 atom stereocenters. The molecule has 1 aliphatic carbocycles. The largest absolute Gasteiger partial charge is 0.494 e. The average Bonchev–Trinajstić information content (AvgIpc) is 3.39. The molecule has 3 rings (SSSR count). The van der Waals surface area contributed by atoms with Gasteiger partial charge in [-0.3, -0.25) is 14.4 Å². The Labute approximate surface area is 201 Å². The summed E-state index contributed by atoms with van der Waals surface area (Å²) in [5, 5.41) is 5.76. The van der Waals surface area contributed by atoms with Crippen molar-refractivity contribution in [1.29, 1.82) is 0 Å². The van der Waals surface area contributed by atoms with E-state index in [0.717, 1.165) is 32.1 Å². The summed E-state index contributed by atoms with van der Waals surface area (Å²) in [4.78, 5) is 40.4. The van der Waals surface area contributed by atoms with Crippen molar-refractivity contribution in [3.63, 3.8) is 0 Å². The van der Waals surface area contributed by atoms with Crippen LogP contribution in [0.15, 0.2) is 48.3 Å². The quantitative estimate of drug-likeness (QED) is 0.514. The molecule has 1 fully saturated rings. The minimum absolute atomic E-state index is 0.0980. The number of methoxy groups -OCH3 is 1. The van der Waals surface area contributed by atoms with Crippen LogP contribution in [0.5, 0.6) is 0 Å².